The third-order valence-electron chi connectivity index (χ3n) is 6.68. The third-order valence-corrected chi connectivity index (χ3v) is 6.68. The van der Waals surface area contributed by atoms with Gasteiger partial charge in [0.1, 0.15) is 5.82 Å². The van der Waals surface area contributed by atoms with Crippen LogP contribution in [0, 0.1) is 6.92 Å². The molecule has 2 aromatic carbocycles. The highest BCUT2D eigenvalue weighted by molar-refractivity contribution is 5.94. The number of pyridine rings is 2. The van der Waals surface area contributed by atoms with E-state index in [4.69, 9.17) is 0 Å². The molecule has 0 spiro atoms. The molecule has 0 bridgehead atoms. The number of aryl methyl sites for hydroxylation is 1. The van der Waals surface area contributed by atoms with Gasteiger partial charge in [-0.1, -0.05) is 35.9 Å². The molecule has 0 saturated carbocycles. The van der Waals surface area contributed by atoms with E-state index in [1.54, 1.807) is 37.5 Å². The second-order valence-electron chi connectivity index (χ2n) is 9.50. The summed E-state index contributed by atoms with van der Waals surface area (Å²) in [5.41, 5.74) is 4.25. The van der Waals surface area contributed by atoms with Crippen molar-refractivity contribution in [2.24, 2.45) is 0 Å². The fraction of sp³-hybridized carbons (Fsp3) is 0.233. The number of carbonyl (C=O) groups is 1. The molecule has 9 heteroatoms. The fourth-order valence-electron chi connectivity index (χ4n) is 4.68. The first-order valence-electron chi connectivity index (χ1n) is 12.7. The standard InChI is InChI=1S/C30H28F3N5O/c1-20-5-10-26(30(31,32)33)24(16-20)19-38-15-14-35-28-27(38)17-23(18-37-28)21-6-8-22(9-7-21)29(39)36-13-11-25-4-2-3-12-34-25/h2-10,12,16-18H,11,13-15,19H2,1H3,(H,35,37)(H,36,39). The topological polar surface area (TPSA) is 70.2 Å². The molecule has 1 aliphatic heterocycles. The average molecular weight is 532 g/mol. The smallest absolute Gasteiger partial charge is 0.367 e. The van der Waals surface area contributed by atoms with Crippen molar-refractivity contribution in [3.05, 3.63) is 107 Å². The van der Waals surface area contributed by atoms with E-state index in [0.29, 0.717) is 37.4 Å². The Balaban J connectivity index is 1.31. The Hall–Kier alpha value is -4.40. The summed E-state index contributed by atoms with van der Waals surface area (Å²) in [5.74, 6) is 0.463. The van der Waals surface area contributed by atoms with Crippen molar-refractivity contribution in [2.75, 3.05) is 29.9 Å². The molecule has 0 fully saturated rings. The van der Waals surface area contributed by atoms with E-state index in [0.717, 1.165) is 34.1 Å². The molecular formula is C30H28F3N5O. The van der Waals surface area contributed by atoms with Crippen molar-refractivity contribution in [3.8, 4) is 11.1 Å². The van der Waals surface area contributed by atoms with Crippen molar-refractivity contribution in [1.82, 2.24) is 15.3 Å². The highest BCUT2D eigenvalue weighted by atomic mass is 19.4. The van der Waals surface area contributed by atoms with Gasteiger partial charge in [-0.3, -0.25) is 9.78 Å². The van der Waals surface area contributed by atoms with Crippen molar-refractivity contribution in [2.45, 2.75) is 26.1 Å². The number of hydrogen-bond acceptors (Lipinski definition) is 5. The number of fused-ring (bicyclic) bond motifs is 1. The number of alkyl halides is 3. The van der Waals surface area contributed by atoms with Crippen LogP contribution in [0.3, 0.4) is 0 Å². The predicted molar refractivity (Wildman–Crippen MR) is 146 cm³/mol. The van der Waals surface area contributed by atoms with Gasteiger partial charge in [0.05, 0.1) is 11.3 Å². The van der Waals surface area contributed by atoms with E-state index in [2.05, 4.69) is 20.6 Å². The number of amides is 1. The first-order chi connectivity index (χ1) is 18.8. The molecule has 0 unspecified atom stereocenters. The number of halogens is 3. The number of hydrogen-bond donors (Lipinski definition) is 2. The van der Waals surface area contributed by atoms with Gasteiger partial charge in [0.25, 0.3) is 5.91 Å². The Kier molecular flexibility index (Phi) is 7.49. The SMILES string of the molecule is Cc1ccc(C(F)(F)F)c(CN2CCNc3ncc(-c4ccc(C(=O)NCCc5ccccn5)cc4)cc32)c1. The lowest BCUT2D eigenvalue weighted by atomic mass is 10.0. The van der Waals surface area contributed by atoms with Crippen LogP contribution in [0.5, 0.6) is 0 Å². The lowest BCUT2D eigenvalue weighted by Crippen LogP contribution is -2.34. The van der Waals surface area contributed by atoms with Crippen molar-refractivity contribution >= 4 is 17.4 Å². The van der Waals surface area contributed by atoms with Gasteiger partial charge < -0.3 is 15.5 Å². The molecule has 2 aromatic heterocycles. The molecule has 6 nitrogen and oxygen atoms in total. The molecule has 5 rings (SSSR count). The maximum Gasteiger partial charge on any atom is 0.416 e. The Morgan fingerprint density at radius 3 is 2.59 bits per heavy atom. The van der Waals surface area contributed by atoms with E-state index < -0.39 is 11.7 Å². The van der Waals surface area contributed by atoms with Crippen LogP contribution in [0.2, 0.25) is 0 Å². The number of rotatable bonds is 7. The molecular weight excluding hydrogens is 503 g/mol. The number of nitrogens with zero attached hydrogens (tertiary/aromatic N) is 3. The molecule has 0 radical (unpaired) electrons. The second-order valence-corrected chi connectivity index (χ2v) is 9.50. The summed E-state index contributed by atoms with van der Waals surface area (Å²) in [6.07, 6.45) is -0.330. The molecule has 4 aromatic rings. The average Bonchev–Trinajstić information content (AvgIpc) is 2.93. The largest absolute Gasteiger partial charge is 0.416 e. The van der Waals surface area contributed by atoms with Crippen LogP contribution >= 0.6 is 0 Å². The van der Waals surface area contributed by atoms with Crippen molar-refractivity contribution in [1.29, 1.82) is 0 Å². The molecule has 0 atom stereocenters. The summed E-state index contributed by atoms with van der Waals surface area (Å²) in [6, 6.07) is 19.1. The van der Waals surface area contributed by atoms with Gasteiger partial charge in [0.2, 0.25) is 0 Å². The van der Waals surface area contributed by atoms with E-state index in [9.17, 15) is 18.0 Å². The second kappa shape index (κ2) is 11.1. The van der Waals surface area contributed by atoms with Crippen molar-refractivity contribution < 1.29 is 18.0 Å². The van der Waals surface area contributed by atoms with E-state index in [1.807, 2.05) is 41.3 Å². The number of nitrogens with one attached hydrogen (secondary N) is 2. The highest BCUT2D eigenvalue weighted by Gasteiger charge is 2.34. The summed E-state index contributed by atoms with van der Waals surface area (Å²) >= 11 is 0. The molecule has 0 saturated heterocycles. The maximum atomic E-state index is 13.7. The minimum absolute atomic E-state index is 0.119. The number of anilines is 2. The Morgan fingerprint density at radius 1 is 1.03 bits per heavy atom. The van der Waals surface area contributed by atoms with Gasteiger partial charge in [-0.15, -0.1) is 0 Å². The van der Waals surface area contributed by atoms with Gasteiger partial charge in [-0.05, 0) is 54.4 Å². The van der Waals surface area contributed by atoms with Crippen molar-refractivity contribution in [3.63, 3.8) is 0 Å². The molecule has 200 valence electrons. The Labute approximate surface area is 224 Å². The molecule has 1 aliphatic rings. The zero-order valence-corrected chi connectivity index (χ0v) is 21.4. The van der Waals surface area contributed by atoms with Crippen LogP contribution in [-0.2, 0) is 19.1 Å². The minimum atomic E-state index is -4.42. The van der Waals surface area contributed by atoms with E-state index in [-0.39, 0.29) is 18.0 Å². The fourth-order valence-corrected chi connectivity index (χ4v) is 4.68. The van der Waals surface area contributed by atoms with Crippen LogP contribution in [-0.4, -0.2) is 35.5 Å². The van der Waals surface area contributed by atoms with Gasteiger partial charge in [0.15, 0.2) is 0 Å². The minimum Gasteiger partial charge on any atom is -0.367 e. The normalized spacial score (nSPS) is 13.0. The first kappa shape index (κ1) is 26.2. The highest BCUT2D eigenvalue weighted by Crippen LogP contribution is 2.36. The summed E-state index contributed by atoms with van der Waals surface area (Å²) in [7, 11) is 0. The molecule has 1 amide bonds. The lowest BCUT2D eigenvalue weighted by molar-refractivity contribution is -0.138. The summed E-state index contributed by atoms with van der Waals surface area (Å²) < 4.78 is 41.0. The maximum absolute atomic E-state index is 13.7. The summed E-state index contributed by atoms with van der Waals surface area (Å²) in [6.45, 7) is 3.51. The third kappa shape index (κ3) is 6.19. The monoisotopic (exact) mass is 531 g/mol. The van der Waals surface area contributed by atoms with E-state index in [1.165, 1.54) is 6.07 Å². The quantitative estimate of drug-likeness (QED) is 0.312. The van der Waals surface area contributed by atoms with Crippen LogP contribution in [0.25, 0.3) is 11.1 Å². The zero-order valence-electron chi connectivity index (χ0n) is 21.4. The van der Waals surface area contributed by atoms with Crippen LogP contribution in [0.4, 0.5) is 24.7 Å². The zero-order chi connectivity index (χ0) is 27.4. The van der Waals surface area contributed by atoms with Gasteiger partial charge in [-0.2, -0.15) is 13.2 Å². The van der Waals surface area contributed by atoms with Gasteiger partial charge >= 0.3 is 6.18 Å². The summed E-state index contributed by atoms with van der Waals surface area (Å²) in [5, 5.41) is 6.15. The number of carbonyl (C=O) groups excluding carboxylic acids is 1. The van der Waals surface area contributed by atoms with Crippen LogP contribution in [0.1, 0.15) is 32.7 Å². The van der Waals surface area contributed by atoms with Crippen LogP contribution in [0.15, 0.2) is 79.1 Å². The van der Waals surface area contributed by atoms with E-state index >= 15 is 0 Å². The predicted octanol–water partition coefficient (Wildman–Crippen LogP) is 5.88. The summed E-state index contributed by atoms with van der Waals surface area (Å²) in [4.78, 5) is 23.3. The number of benzene rings is 2. The van der Waals surface area contributed by atoms with Gasteiger partial charge in [0, 0.05) is 61.8 Å². The van der Waals surface area contributed by atoms with Crippen LogP contribution < -0.4 is 15.5 Å². The molecule has 3 heterocycles. The molecule has 39 heavy (non-hydrogen) atoms. The first-order valence-corrected chi connectivity index (χ1v) is 12.7. The number of aromatic nitrogens is 2. The molecule has 2 N–H and O–H groups in total. The lowest BCUT2D eigenvalue weighted by Gasteiger charge is -2.32. The molecule has 0 aliphatic carbocycles. The Bertz CT molecular complexity index is 1460. The Morgan fingerprint density at radius 2 is 1.85 bits per heavy atom. The van der Waals surface area contributed by atoms with Gasteiger partial charge in [-0.25, -0.2) is 4.98 Å².